The van der Waals surface area contributed by atoms with Crippen LogP contribution in [-0.2, 0) is 19.4 Å². The van der Waals surface area contributed by atoms with E-state index < -0.39 is 0 Å². The van der Waals surface area contributed by atoms with Crippen molar-refractivity contribution in [3.63, 3.8) is 0 Å². The summed E-state index contributed by atoms with van der Waals surface area (Å²) >= 11 is 0. The highest BCUT2D eigenvalue weighted by Gasteiger charge is 2.32. The summed E-state index contributed by atoms with van der Waals surface area (Å²) in [5.41, 5.74) is 7.81. The van der Waals surface area contributed by atoms with Crippen molar-refractivity contribution in [3.8, 4) is 0 Å². The molecule has 4 nitrogen and oxygen atoms in total. The molecular formula is C22H35N3O. The van der Waals surface area contributed by atoms with Gasteiger partial charge in [-0.05, 0) is 74.6 Å². The summed E-state index contributed by atoms with van der Waals surface area (Å²) in [5.74, 6) is 0.707. The van der Waals surface area contributed by atoms with Gasteiger partial charge < -0.3 is 10.4 Å². The zero-order valence-electron chi connectivity index (χ0n) is 16.2. The van der Waals surface area contributed by atoms with E-state index in [1.165, 1.54) is 55.2 Å². The number of aliphatic hydroxyl groups excluding tert-OH is 1. The molecule has 0 aromatic heterocycles. The molecular weight excluding hydrogens is 322 g/mol. The van der Waals surface area contributed by atoms with Gasteiger partial charge in [0.25, 0.3) is 0 Å². The molecule has 2 fully saturated rings. The van der Waals surface area contributed by atoms with Crippen LogP contribution in [-0.4, -0.2) is 41.9 Å². The first-order valence-corrected chi connectivity index (χ1v) is 10.7. The van der Waals surface area contributed by atoms with Crippen molar-refractivity contribution in [1.82, 2.24) is 15.8 Å². The summed E-state index contributed by atoms with van der Waals surface area (Å²) in [5, 5.41) is 16.4. The summed E-state index contributed by atoms with van der Waals surface area (Å²) in [4.78, 5) is 0. The van der Waals surface area contributed by atoms with Crippen LogP contribution in [0.3, 0.4) is 0 Å². The predicted octanol–water partition coefficient (Wildman–Crippen LogP) is 2.78. The molecule has 26 heavy (non-hydrogen) atoms. The number of fused-ring (bicyclic) bond motifs is 1. The van der Waals surface area contributed by atoms with Crippen molar-refractivity contribution in [2.75, 3.05) is 13.6 Å². The Balaban J connectivity index is 1.43. The third-order valence-corrected chi connectivity index (χ3v) is 6.91. The number of aliphatic hydroxyl groups is 1. The number of nitrogens with zero attached hydrogens (tertiary/aromatic N) is 1. The van der Waals surface area contributed by atoms with E-state index in [4.69, 9.17) is 0 Å². The van der Waals surface area contributed by atoms with E-state index in [0.717, 1.165) is 32.4 Å². The van der Waals surface area contributed by atoms with Crippen LogP contribution in [0, 0.1) is 5.92 Å². The van der Waals surface area contributed by atoms with Crippen molar-refractivity contribution in [2.24, 2.45) is 5.92 Å². The topological polar surface area (TPSA) is 47.5 Å². The van der Waals surface area contributed by atoms with Gasteiger partial charge in [0.05, 0.1) is 6.10 Å². The lowest BCUT2D eigenvalue weighted by Gasteiger charge is -2.35. The molecule has 1 heterocycles. The molecule has 4 atom stereocenters. The minimum atomic E-state index is -0.131. The first kappa shape index (κ1) is 18.4. The maximum atomic E-state index is 10.2. The van der Waals surface area contributed by atoms with Crippen LogP contribution in [0.25, 0.3) is 0 Å². The number of benzene rings is 1. The maximum absolute atomic E-state index is 10.2. The second-order valence-electron chi connectivity index (χ2n) is 8.62. The lowest BCUT2D eigenvalue weighted by atomic mass is 9.79. The van der Waals surface area contributed by atoms with Gasteiger partial charge in [0.1, 0.15) is 0 Å². The third-order valence-electron chi connectivity index (χ3n) is 6.91. The van der Waals surface area contributed by atoms with Gasteiger partial charge in [-0.25, -0.2) is 5.01 Å². The maximum Gasteiger partial charge on any atom is 0.0693 e. The Hall–Kier alpha value is -0.940. The van der Waals surface area contributed by atoms with Crippen molar-refractivity contribution >= 4 is 0 Å². The normalized spacial score (nSPS) is 32.5. The fourth-order valence-electron chi connectivity index (χ4n) is 5.31. The molecule has 4 rings (SSSR count). The van der Waals surface area contributed by atoms with Crippen molar-refractivity contribution in [1.29, 1.82) is 0 Å². The Kier molecular flexibility index (Phi) is 5.94. The molecule has 0 spiro atoms. The molecule has 2 aliphatic carbocycles. The number of rotatable bonds is 5. The Morgan fingerprint density at radius 3 is 2.69 bits per heavy atom. The first-order valence-electron chi connectivity index (χ1n) is 10.7. The fraction of sp³-hybridized carbons (Fsp3) is 0.727. The Morgan fingerprint density at radius 2 is 1.88 bits per heavy atom. The summed E-state index contributed by atoms with van der Waals surface area (Å²) in [6.45, 7) is 2.11. The second-order valence-corrected chi connectivity index (χ2v) is 8.62. The van der Waals surface area contributed by atoms with Gasteiger partial charge in [-0.15, -0.1) is 0 Å². The van der Waals surface area contributed by atoms with Crippen LogP contribution in [0.15, 0.2) is 18.2 Å². The molecule has 1 aromatic carbocycles. The average Bonchev–Trinajstić information content (AvgIpc) is 3.07. The summed E-state index contributed by atoms with van der Waals surface area (Å²) in [6.07, 6.45) is 10.7. The highest BCUT2D eigenvalue weighted by atomic mass is 16.3. The molecule has 0 saturated heterocycles. The monoisotopic (exact) mass is 357 g/mol. The molecule has 2 saturated carbocycles. The SMILES string of the molecule is CNN1CCc2ccc(CC3CCCCC3NC3CCCC3O)cc2C1. The molecule has 144 valence electrons. The van der Waals surface area contributed by atoms with E-state index in [-0.39, 0.29) is 6.10 Å². The lowest BCUT2D eigenvalue weighted by molar-refractivity contribution is 0.127. The molecule has 0 radical (unpaired) electrons. The molecule has 1 aromatic rings. The van der Waals surface area contributed by atoms with Gasteiger partial charge >= 0.3 is 0 Å². The number of hydrogen-bond donors (Lipinski definition) is 3. The van der Waals surface area contributed by atoms with Gasteiger partial charge in [0, 0.05) is 25.2 Å². The van der Waals surface area contributed by atoms with E-state index in [0.29, 0.717) is 18.0 Å². The summed E-state index contributed by atoms with van der Waals surface area (Å²) in [7, 11) is 2.02. The minimum Gasteiger partial charge on any atom is -0.392 e. The van der Waals surface area contributed by atoms with Gasteiger partial charge in [-0.3, -0.25) is 5.43 Å². The summed E-state index contributed by atoms with van der Waals surface area (Å²) < 4.78 is 0. The first-order chi connectivity index (χ1) is 12.7. The highest BCUT2D eigenvalue weighted by molar-refractivity contribution is 5.34. The van der Waals surface area contributed by atoms with Gasteiger partial charge in [-0.1, -0.05) is 31.0 Å². The van der Waals surface area contributed by atoms with Crippen LogP contribution in [0.2, 0.25) is 0 Å². The smallest absolute Gasteiger partial charge is 0.0693 e. The highest BCUT2D eigenvalue weighted by Crippen LogP contribution is 2.31. The van der Waals surface area contributed by atoms with Crippen LogP contribution in [0.4, 0.5) is 0 Å². The molecule has 0 amide bonds. The van der Waals surface area contributed by atoms with E-state index in [2.05, 4.69) is 34.0 Å². The van der Waals surface area contributed by atoms with Crippen LogP contribution < -0.4 is 10.7 Å². The van der Waals surface area contributed by atoms with Crippen LogP contribution in [0.1, 0.15) is 61.6 Å². The molecule has 3 N–H and O–H groups in total. The number of hydrazine groups is 1. The largest absolute Gasteiger partial charge is 0.392 e. The van der Waals surface area contributed by atoms with Crippen molar-refractivity contribution < 1.29 is 5.11 Å². The van der Waals surface area contributed by atoms with Crippen molar-refractivity contribution in [3.05, 3.63) is 34.9 Å². The van der Waals surface area contributed by atoms with E-state index >= 15 is 0 Å². The Labute approximate surface area is 158 Å². The standard InChI is InChI=1S/C22H35N3O/c1-23-25-12-11-17-10-9-16(14-19(17)15-25)13-18-5-2-3-6-20(18)24-21-7-4-8-22(21)26/h9-10,14,18,20-24,26H,2-8,11-13,15H2,1H3. The summed E-state index contributed by atoms with van der Waals surface area (Å²) in [6, 6.07) is 8.09. The van der Waals surface area contributed by atoms with E-state index in [1.807, 2.05) is 7.05 Å². The number of hydrogen-bond acceptors (Lipinski definition) is 4. The van der Waals surface area contributed by atoms with Crippen LogP contribution in [0.5, 0.6) is 0 Å². The van der Waals surface area contributed by atoms with Gasteiger partial charge in [-0.2, -0.15) is 0 Å². The Bertz CT molecular complexity index is 605. The fourth-order valence-corrected chi connectivity index (χ4v) is 5.31. The molecule has 4 heteroatoms. The minimum absolute atomic E-state index is 0.131. The second kappa shape index (κ2) is 8.39. The van der Waals surface area contributed by atoms with Gasteiger partial charge in [0.15, 0.2) is 0 Å². The third kappa shape index (κ3) is 4.14. The Morgan fingerprint density at radius 1 is 1.04 bits per heavy atom. The van der Waals surface area contributed by atoms with Gasteiger partial charge in [0.2, 0.25) is 0 Å². The van der Waals surface area contributed by atoms with Crippen molar-refractivity contribution in [2.45, 2.75) is 82.5 Å². The molecule has 4 unspecified atom stereocenters. The molecule has 3 aliphatic rings. The molecule has 0 bridgehead atoms. The van der Waals surface area contributed by atoms with Crippen LogP contribution >= 0.6 is 0 Å². The lowest BCUT2D eigenvalue weighted by Crippen LogP contribution is -2.47. The predicted molar refractivity (Wildman–Crippen MR) is 106 cm³/mol. The van der Waals surface area contributed by atoms with E-state index in [1.54, 1.807) is 0 Å². The zero-order chi connectivity index (χ0) is 17.9. The number of nitrogens with one attached hydrogen (secondary N) is 2. The quantitative estimate of drug-likeness (QED) is 0.758. The average molecular weight is 358 g/mol. The zero-order valence-corrected chi connectivity index (χ0v) is 16.2. The molecule has 1 aliphatic heterocycles. The van der Waals surface area contributed by atoms with E-state index in [9.17, 15) is 5.11 Å².